The molecule has 3 nitrogen and oxygen atoms in total. The minimum atomic E-state index is 0.731. The van der Waals surface area contributed by atoms with Gasteiger partial charge in [-0.1, -0.05) is 18.2 Å². The van der Waals surface area contributed by atoms with Gasteiger partial charge in [0.05, 0.1) is 11.4 Å². The highest BCUT2D eigenvalue weighted by atomic mass is 15.3. The number of aromatic nitrogens is 2. The second kappa shape index (κ2) is 5.36. The molecule has 0 aliphatic heterocycles. The van der Waals surface area contributed by atoms with Crippen LogP contribution < -0.4 is 5.73 Å². The lowest BCUT2D eigenvalue weighted by molar-refractivity contribution is 0.813. The van der Waals surface area contributed by atoms with E-state index in [9.17, 15) is 0 Å². The molecule has 96 valence electrons. The fourth-order valence-electron chi connectivity index (χ4n) is 2.35. The van der Waals surface area contributed by atoms with E-state index in [-0.39, 0.29) is 0 Å². The number of aryl methyl sites for hydroxylation is 2. The van der Waals surface area contributed by atoms with Gasteiger partial charge < -0.3 is 5.73 Å². The summed E-state index contributed by atoms with van der Waals surface area (Å²) in [4.78, 5) is 0. The van der Waals surface area contributed by atoms with Crippen LogP contribution in [0.3, 0.4) is 0 Å². The summed E-state index contributed by atoms with van der Waals surface area (Å²) in [5.74, 6) is 0. The average Bonchev–Trinajstić information content (AvgIpc) is 2.63. The summed E-state index contributed by atoms with van der Waals surface area (Å²) < 4.78 is 2.05. The number of para-hydroxylation sites is 1. The maximum atomic E-state index is 5.59. The van der Waals surface area contributed by atoms with Gasteiger partial charge in [0.25, 0.3) is 0 Å². The van der Waals surface area contributed by atoms with E-state index in [0.717, 1.165) is 30.8 Å². The maximum Gasteiger partial charge on any atom is 0.0678 e. The van der Waals surface area contributed by atoms with Crippen LogP contribution in [-0.2, 0) is 6.42 Å². The molecule has 2 N–H and O–H groups in total. The zero-order chi connectivity index (χ0) is 13.1. The number of benzene rings is 1. The Bertz CT molecular complexity index is 541. The number of rotatable bonds is 4. The first-order valence-electron chi connectivity index (χ1n) is 6.46. The molecule has 0 amide bonds. The standard InChI is InChI=1S/C15H21N3/c1-11-7-4-5-9-15(11)18-13(3)14(8-6-10-16)12(2)17-18/h4-5,7,9H,6,8,10,16H2,1-3H3. The third kappa shape index (κ3) is 2.31. The monoisotopic (exact) mass is 243 g/mol. The van der Waals surface area contributed by atoms with Gasteiger partial charge in [0.15, 0.2) is 0 Å². The van der Waals surface area contributed by atoms with Crippen LogP contribution in [-0.4, -0.2) is 16.3 Å². The molecule has 1 heterocycles. The lowest BCUT2D eigenvalue weighted by Gasteiger charge is -2.08. The first-order chi connectivity index (χ1) is 8.65. The van der Waals surface area contributed by atoms with Crippen molar-refractivity contribution < 1.29 is 0 Å². The van der Waals surface area contributed by atoms with Crippen molar-refractivity contribution in [1.82, 2.24) is 9.78 Å². The molecule has 1 aromatic heterocycles. The zero-order valence-corrected chi connectivity index (χ0v) is 11.4. The highest BCUT2D eigenvalue weighted by Crippen LogP contribution is 2.21. The third-order valence-corrected chi connectivity index (χ3v) is 3.42. The van der Waals surface area contributed by atoms with E-state index >= 15 is 0 Å². The normalized spacial score (nSPS) is 10.9. The number of hydrogen-bond acceptors (Lipinski definition) is 2. The Hall–Kier alpha value is -1.61. The molecular formula is C15H21N3. The van der Waals surface area contributed by atoms with Gasteiger partial charge in [-0.2, -0.15) is 5.10 Å². The molecule has 0 aliphatic carbocycles. The highest BCUT2D eigenvalue weighted by Gasteiger charge is 2.13. The summed E-state index contributed by atoms with van der Waals surface area (Å²) >= 11 is 0. The molecule has 0 radical (unpaired) electrons. The van der Waals surface area contributed by atoms with Crippen molar-refractivity contribution in [3.63, 3.8) is 0 Å². The lowest BCUT2D eigenvalue weighted by atomic mass is 10.1. The molecule has 18 heavy (non-hydrogen) atoms. The summed E-state index contributed by atoms with van der Waals surface area (Å²) in [5, 5.41) is 4.67. The Morgan fingerprint density at radius 3 is 2.56 bits per heavy atom. The van der Waals surface area contributed by atoms with Crippen LogP contribution in [0, 0.1) is 20.8 Å². The lowest BCUT2D eigenvalue weighted by Crippen LogP contribution is -2.03. The Labute approximate surface area is 109 Å². The van der Waals surface area contributed by atoms with Crippen molar-refractivity contribution in [2.45, 2.75) is 33.6 Å². The minimum absolute atomic E-state index is 0.731. The summed E-state index contributed by atoms with van der Waals surface area (Å²) in [6.45, 7) is 7.06. The Balaban J connectivity index is 2.44. The Kier molecular flexibility index (Phi) is 3.82. The Morgan fingerprint density at radius 2 is 1.89 bits per heavy atom. The van der Waals surface area contributed by atoms with Gasteiger partial charge in [-0.25, -0.2) is 4.68 Å². The van der Waals surface area contributed by atoms with E-state index in [1.54, 1.807) is 0 Å². The van der Waals surface area contributed by atoms with Gasteiger partial charge in [-0.15, -0.1) is 0 Å². The summed E-state index contributed by atoms with van der Waals surface area (Å²) in [6, 6.07) is 8.34. The second-order valence-electron chi connectivity index (χ2n) is 4.74. The fraction of sp³-hybridized carbons (Fsp3) is 0.400. The van der Waals surface area contributed by atoms with Crippen LogP contribution in [0.2, 0.25) is 0 Å². The molecule has 2 aromatic rings. The first kappa shape index (κ1) is 12.8. The van der Waals surface area contributed by atoms with Crippen molar-refractivity contribution in [2.75, 3.05) is 6.54 Å². The van der Waals surface area contributed by atoms with Crippen molar-refractivity contribution >= 4 is 0 Å². The molecule has 0 saturated heterocycles. The number of hydrogen-bond donors (Lipinski definition) is 1. The maximum absolute atomic E-state index is 5.59. The molecule has 0 atom stereocenters. The van der Waals surface area contributed by atoms with Crippen LogP contribution in [0.25, 0.3) is 5.69 Å². The van der Waals surface area contributed by atoms with Crippen LogP contribution in [0.1, 0.15) is 28.9 Å². The van der Waals surface area contributed by atoms with Gasteiger partial charge in [0.1, 0.15) is 0 Å². The van der Waals surface area contributed by atoms with Crippen molar-refractivity contribution in [3.8, 4) is 5.69 Å². The predicted molar refractivity (Wildman–Crippen MR) is 75.2 cm³/mol. The zero-order valence-electron chi connectivity index (χ0n) is 11.4. The molecule has 0 aliphatic rings. The quantitative estimate of drug-likeness (QED) is 0.897. The molecule has 1 aromatic carbocycles. The van der Waals surface area contributed by atoms with Crippen LogP contribution >= 0.6 is 0 Å². The largest absolute Gasteiger partial charge is 0.330 e. The molecule has 0 unspecified atom stereocenters. The Morgan fingerprint density at radius 1 is 1.17 bits per heavy atom. The molecule has 0 fully saturated rings. The van der Waals surface area contributed by atoms with Crippen LogP contribution in [0.15, 0.2) is 24.3 Å². The number of nitrogens with zero attached hydrogens (tertiary/aromatic N) is 2. The van der Waals surface area contributed by atoms with Gasteiger partial charge in [0, 0.05) is 5.69 Å². The summed E-state index contributed by atoms with van der Waals surface area (Å²) in [7, 11) is 0. The van der Waals surface area contributed by atoms with Crippen molar-refractivity contribution in [1.29, 1.82) is 0 Å². The minimum Gasteiger partial charge on any atom is -0.330 e. The second-order valence-corrected chi connectivity index (χ2v) is 4.74. The summed E-state index contributed by atoms with van der Waals surface area (Å²) in [6.07, 6.45) is 2.03. The van der Waals surface area contributed by atoms with E-state index < -0.39 is 0 Å². The third-order valence-electron chi connectivity index (χ3n) is 3.42. The first-order valence-corrected chi connectivity index (χ1v) is 6.46. The van der Waals surface area contributed by atoms with Crippen LogP contribution in [0.5, 0.6) is 0 Å². The fourth-order valence-corrected chi connectivity index (χ4v) is 2.35. The van der Waals surface area contributed by atoms with E-state index in [2.05, 4.69) is 54.8 Å². The summed E-state index contributed by atoms with van der Waals surface area (Å²) in [5.41, 5.74) is 11.7. The topological polar surface area (TPSA) is 43.8 Å². The molecule has 0 bridgehead atoms. The predicted octanol–water partition coefficient (Wildman–Crippen LogP) is 2.69. The van der Waals surface area contributed by atoms with Crippen molar-refractivity contribution in [2.24, 2.45) is 5.73 Å². The smallest absolute Gasteiger partial charge is 0.0678 e. The van der Waals surface area contributed by atoms with E-state index in [4.69, 9.17) is 5.73 Å². The van der Waals surface area contributed by atoms with Crippen LogP contribution in [0.4, 0.5) is 0 Å². The van der Waals surface area contributed by atoms with Gasteiger partial charge in [-0.3, -0.25) is 0 Å². The molecule has 0 saturated carbocycles. The number of nitrogens with two attached hydrogens (primary N) is 1. The highest BCUT2D eigenvalue weighted by molar-refractivity contribution is 5.42. The molecular weight excluding hydrogens is 222 g/mol. The van der Waals surface area contributed by atoms with E-state index in [1.165, 1.54) is 16.8 Å². The van der Waals surface area contributed by atoms with E-state index in [1.807, 2.05) is 0 Å². The van der Waals surface area contributed by atoms with Gasteiger partial charge in [0.2, 0.25) is 0 Å². The van der Waals surface area contributed by atoms with Gasteiger partial charge in [-0.05, 0) is 57.4 Å². The molecule has 0 spiro atoms. The average molecular weight is 243 g/mol. The van der Waals surface area contributed by atoms with Crippen molar-refractivity contribution in [3.05, 3.63) is 46.8 Å². The van der Waals surface area contributed by atoms with Gasteiger partial charge >= 0.3 is 0 Å². The molecule has 3 heteroatoms. The SMILES string of the molecule is Cc1ccccc1-n1nc(C)c(CCCN)c1C. The molecule has 2 rings (SSSR count). The van der Waals surface area contributed by atoms with E-state index in [0.29, 0.717) is 0 Å².